The quantitative estimate of drug-likeness (QED) is 0.299. The van der Waals surface area contributed by atoms with Gasteiger partial charge in [0.15, 0.2) is 5.96 Å². The third-order valence-corrected chi connectivity index (χ3v) is 7.05. The van der Waals surface area contributed by atoms with Crippen molar-refractivity contribution in [1.82, 2.24) is 15.5 Å². The highest BCUT2D eigenvalue weighted by Crippen LogP contribution is 2.57. The van der Waals surface area contributed by atoms with Gasteiger partial charge in [0.2, 0.25) is 5.91 Å². The molecule has 1 spiro atoms. The molecule has 0 aromatic heterocycles. The van der Waals surface area contributed by atoms with Gasteiger partial charge < -0.3 is 20.3 Å². The number of rotatable bonds is 8. The number of halogens is 1. The summed E-state index contributed by atoms with van der Waals surface area (Å²) in [5, 5.41) is 7.10. The van der Waals surface area contributed by atoms with Gasteiger partial charge in [-0.2, -0.15) is 0 Å². The minimum Gasteiger partial charge on any atom is -0.378 e. The van der Waals surface area contributed by atoms with Crippen LogP contribution in [-0.4, -0.2) is 48.6 Å². The van der Waals surface area contributed by atoms with Gasteiger partial charge in [-0.3, -0.25) is 4.79 Å². The molecule has 7 heteroatoms. The van der Waals surface area contributed by atoms with Crippen molar-refractivity contribution in [2.24, 2.45) is 10.4 Å². The molecule has 1 saturated heterocycles. The molecule has 2 aliphatic carbocycles. The highest BCUT2D eigenvalue weighted by Gasteiger charge is 2.59. The van der Waals surface area contributed by atoms with E-state index in [0.29, 0.717) is 37.1 Å². The second kappa shape index (κ2) is 11.0. The number of benzene rings is 1. The Kier molecular flexibility index (Phi) is 8.61. The molecule has 2 saturated carbocycles. The molecule has 1 aromatic rings. The van der Waals surface area contributed by atoms with E-state index in [1.807, 2.05) is 4.90 Å². The van der Waals surface area contributed by atoms with Gasteiger partial charge in [0.05, 0.1) is 12.6 Å². The summed E-state index contributed by atoms with van der Waals surface area (Å²) >= 11 is 0. The zero-order valence-corrected chi connectivity index (χ0v) is 21.2. The lowest BCUT2D eigenvalue weighted by Gasteiger charge is -2.61. The summed E-state index contributed by atoms with van der Waals surface area (Å²) in [6.45, 7) is 8.05. The minimum absolute atomic E-state index is 0. The Labute approximate surface area is 203 Å². The molecule has 172 valence electrons. The second-order valence-corrected chi connectivity index (χ2v) is 8.90. The maximum atomic E-state index is 11.9. The van der Waals surface area contributed by atoms with Gasteiger partial charge in [-0.05, 0) is 50.7 Å². The van der Waals surface area contributed by atoms with Crippen molar-refractivity contribution < 1.29 is 9.53 Å². The van der Waals surface area contributed by atoms with E-state index in [1.165, 1.54) is 30.4 Å². The van der Waals surface area contributed by atoms with Crippen molar-refractivity contribution in [3.8, 4) is 0 Å². The topological polar surface area (TPSA) is 66.0 Å². The minimum atomic E-state index is 0. The number of aliphatic imine (C=N–C) groups is 1. The Balaban J connectivity index is 0.00000272. The van der Waals surface area contributed by atoms with Crippen molar-refractivity contribution >= 4 is 35.8 Å². The molecule has 0 bridgehead atoms. The van der Waals surface area contributed by atoms with E-state index in [9.17, 15) is 4.79 Å². The lowest BCUT2D eigenvalue weighted by atomic mass is 9.51. The maximum absolute atomic E-state index is 11.9. The largest absolute Gasteiger partial charge is 0.378 e. The zero-order chi connectivity index (χ0) is 21.0. The predicted molar refractivity (Wildman–Crippen MR) is 135 cm³/mol. The van der Waals surface area contributed by atoms with Crippen LogP contribution in [0.1, 0.15) is 63.5 Å². The number of ether oxygens (including phenoxy) is 1. The molecule has 1 aromatic carbocycles. The normalized spacial score (nSPS) is 24.4. The lowest BCUT2D eigenvalue weighted by molar-refractivity contribution is -0.168. The summed E-state index contributed by atoms with van der Waals surface area (Å²) in [6, 6.07) is 8.92. The molecular formula is C24H37IN4O2. The van der Waals surface area contributed by atoms with E-state index in [2.05, 4.69) is 48.7 Å². The van der Waals surface area contributed by atoms with Crippen molar-refractivity contribution in [3.63, 3.8) is 0 Å². The Hall–Kier alpha value is -1.35. The SMILES string of the molecule is CCNC(=NCc1cccc(CN2CCCC2=O)c1)NC1CC(OCC)C12CCC2.I. The van der Waals surface area contributed by atoms with Gasteiger partial charge in [-0.1, -0.05) is 30.7 Å². The number of hydrogen-bond donors (Lipinski definition) is 2. The highest BCUT2D eigenvalue weighted by atomic mass is 127. The van der Waals surface area contributed by atoms with Crippen LogP contribution in [0, 0.1) is 5.41 Å². The molecule has 3 aliphatic rings. The lowest BCUT2D eigenvalue weighted by Crippen LogP contribution is -2.68. The van der Waals surface area contributed by atoms with E-state index in [0.717, 1.165) is 38.5 Å². The van der Waals surface area contributed by atoms with Crippen LogP contribution in [0.4, 0.5) is 0 Å². The predicted octanol–water partition coefficient (Wildman–Crippen LogP) is 3.83. The first-order valence-corrected chi connectivity index (χ1v) is 11.7. The molecule has 1 amide bonds. The Bertz CT molecular complexity index is 781. The van der Waals surface area contributed by atoms with Gasteiger partial charge in [-0.15, -0.1) is 24.0 Å². The third kappa shape index (κ3) is 5.35. The monoisotopic (exact) mass is 540 g/mol. The van der Waals surface area contributed by atoms with Crippen LogP contribution in [0.25, 0.3) is 0 Å². The van der Waals surface area contributed by atoms with Crippen LogP contribution in [0.2, 0.25) is 0 Å². The standard InChI is InChI=1S/C24H36N4O2.HI/c1-3-25-23(27-20-15-21(30-4-2)24(20)11-7-12-24)26-16-18-8-5-9-19(14-18)17-28-13-6-10-22(28)29;/h5,8-9,14,20-21H,3-4,6-7,10-13,15-17H2,1-2H3,(H2,25,26,27);1H. The van der Waals surface area contributed by atoms with Crippen LogP contribution < -0.4 is 10.6 Å². The summed E-state index contributed by atoms with van der Waals surface area (Å²) < 4.78 is 5.98. The zero-order valence-electron chi connectivity index (χ0n) is 18.9. The van der Waals surface area contributed by atoms with Crippen LogP contribution in [-0.2, 0) is 22.6 Å². The number of hydrogen-bond acceptors (Lipinski definition) is 3. The van der Waals surface area contributed by atoms with E-state index >= 15 is 0 Å². The molecule has 3 fully saturated rings. The second-order valence-electron chi connectivity index (χ2n) is 8.90. The number of nitrogens with one attached hydrogen (secondary N) is 2. The van der Waals surface area contributed by atoms with Gasteiger partial charge in [0.25, 0.3) is 0 Å². The molecular weight excluding hydrogens is 503 g/mol. The first-order valence-electron chi connectivity index (χ1n) is 11.7. The molecule has 6 nitrogen and oxygen atoms in total. The van der Waals surface area contributed by atoms with Crippen LogP contribution >= 0.6 is 24.0 Å². The molecule has 1 heterocycles. The molecule has 31 heavy (non-hydrogen) atoms. The number of carbonyl (C=O) groups is 1. The number of amides is 1. The van der Waals surface area contributed by atoms with Crippen LogP contribution in [0.15, 0.2) is 29.3 Å². The number of likely N-dealkylation sites (tertiary alicyclic amines) is 1. The number of nitrogens with zero attached hydrogens (tertiary/aromatic N) is 2. The average molecular weight is 540 g/mol. The van der Waals surface area contributed by atoms with Gasteiger partial charge >= 0.3 is 0 Å². The maximum Gasteiger partial charge on any atom is 0.222 e. The fourth-order valence-electron chi connectivity index (χ4n) is 5.21. The summed E-state index contributed by atoms with van der Waals surface area (Å²) in [7, 11) is 0. The highest BCUT2D eigenvalue weighted by molar-refractivity contribution is 14.0. The number of carbonyl (C=O) groups excluding carboxylic acids is 1. The smallest absolute Gasteiger partial charge is 0.222 e. The molecule has 1 aliphatic heterocycles. The summed E-state index contributed by atoms with van der Waals surface area (Å²) in [5.41, 5.74) is 2.67. The van der Waals surface area contributed by atoms with Gasteiger partial charge in [0.1, 0.15) is 0 Å². The Morgan fingerprint density at radius 1 is 1.26 bits per heavy atom. The fourth-order valence-corrected chi connectivity index (χ4v) is 5.21. The first-order chi connectivity index (χ1) is 14.6. The van der Waals surface area contributed by atoms with E-state index in [4.69, 9.17) is 9.73 Å². The van der Waals surface area contributed by atoms with Crippen molar-refractivity contribution in [1.29, 1.82) is 0 Å². The Morgan fingerprint density at radius 2 is 2.06 bits per heavy atom. The van der Waals surface area contributed by atoms with E-state index < -0.39 is 0 Å². The number of guanidine groups is 1. The average Bonchev–Trinajstić information content (AvgIpc) is 3.08. The molecule has 2 atom stereocenters. The Morgan fingerprint density at radius 3 is 2.71 bits per heavy atom. The van der Waals surface area contributed by atoms with Crippen LogP contribution in [0.5, 0.6) is 0 Å². The molecule has 2 N–H and O–H groups in total. The first kappa shape index (κ1) is 24.3. The summed E-state index contributed by atoms with van der Waals surface area (Å²) in [5.74, 6) is 1.16. The van der Waals surface area contributed by atoms with Crippen LogP contribution in [0.3, 0.4) is 0 Å². The van der Waals surface area contributed by atoms with E-state index in [1.54, 1.807) is 0 Å². The summed E-state index contributed by atoms with van der Waals surface area (Å²) in [6.07, 6.45) is 6.96. The van der Waals surface area contributed by atoms with Gasteiger partial charge in [0, 0.05) is 44.1 Å². The fraction of sp³-hybridized carbons (Fsp3) is 0.667. The molecule has 0 radical (unpaired) electrons. The third-order valence-electron chi connectivity index (χ3n) is 7.05. The summed E-state index contributed by atoms with van der Waals surface area (Å²) in [4.78, 5) is 18.7. The van der Waals surface area contributed by atoms with Crippen molar-refractivity contribution in [3.05, 3.63) is 35.4 Å². The van der Waals surface area contributed by atoms with E-state index in [-0.39, 0.29) is 29.9 Å². The molecule has 2 unspecified atom stereocenters. The van der Waals surface area contributed by atoms with Crippen molar-refractivity contribution in [2.75, 3.05) is 19.7 Å². The van der Waals surface area contributed by atoms with Crippen molar-refractivity contribution in [2.45, 2.75) is 77.6 Å². The van der Waals surface area contributed by atoms with Gasteiger partial charge in [-0.25, -0.2) is 4.99 Å². The molecule has 4 rings (SSSR count).